The number of aryl methyl sites for hydroxylation is 3. The molecule has 0 fully saturated rings. The highest BCUT2D eigenvalue weighted by Crippen LogP contribution is 2.43. The number of rotatable bonds is 6. The predicted octanol–water partition coefficient (Wildman–Crippen LogP) is 22.8. The summed E-state index contributed by atoms with van der Waals surface area (Å²) in [5, 5.41) is 17.2. The number of anilines is 2. The standard InChI is InChI=1S/C21H18N8O2.C12H9Cl2N3.C5H6N2O.61H2/c1-11-23-7-13(8-24-11)30-20-17-15-5-4-6-16(22-3)18(15)27-19(17)28-21(29-20)31-14-9-25-12(2)26-10-14;1-15-8-4-2-3-6-7(8)5-9-10(6)11(13)17-12(14)16-9;1-4-6-2-5(8)3-7-4;;;;;;;;;;;;;;;;;;;;;;;;;;;;;;;;;;;;;;;;;;;;;;;;;;;;;;;;;;;;;/h4-10,22H,1-3H3,(H,27,28,29);2-4,15H,5H2,1H3;2-3,8H,1H3;61*1H/i;;;61*1+1D. The number of aromatic amines is 1. The van der Waals surface area contributed by atoms with Crippen LogP contribution in [0.5, 0.6) is 29.1 Å². The molecule has 9 rings (SSSR count). The first-order chi connectivity index (χ1) is 88.1. The zero-order valence-corrected chi connectivity index (χ0v) is 32.1. The van der Waals surface area contributed by atoms with Gasteiger partial charge >= 0.3 is 6.01 Å². The minimum Gasteiger partial charge on any atom is -0.505 e. The fourth-order valence-electron chi connectivity index (χ4n) is 5.82. The molecule has 0 aliphatic heterocycles. The Morgan fingerprint density at radius 1 is 0.732 bits per heavy atom. The number of H-pyrrole nitrogens is 1. The topological polar surface area (TPSA) is 207 Å². The molecule has 0 unspecified atom stereocenters. The van der Waals surface area contributed by atoms with Crippen molar-refractivity contribution in [3.8, 4) is 40.3 Å². The van der Waals surface area contributed by atoms with E-state index in [1.165, 1.54) is 18.0 Å². The van der Waals surface area contributed by atoms with Crippen LogP contribution in [0.4, 0.5) is 11.4 Å². The third kappa shape index (κ3) is 8.15. The van der Waals surface area contributed by atoms with Crippen LogP contribution >= 0.6 is 23.2 Å². The minimum absolute atomic E-state index is 0.0977. The number of hydrogen-bond donors (Lipinski definition) is 4. The summed E-state index contributed by atoms with van der Waals surface area (Å²) in [6.07, 6.45) is 9.79. The lowest BCUT2D eigenvalue weighted by atomic mass is 10.1. The van der Waals surface area contributed by atoms with Crippen LogP contribution in [-0.4, -0.2) is 74.0 Å². The number of hydrogen-bond acceptors (Lipinski definition) is 15. The molecule has 6 aromatic heterocycles. The van der Waals surface area contributed by atoms with Crippen molar-refractivity contribution in [2.75, 3.05) is 24.7 Å². The number of halogens is 2. The SMILES string of the molecule is CNc1cccc2c1Cc1nc(Cl)nc(Cl)c1-2.CNc1cccc2c1[nH]c1nc(Oc3cnc(C)nc3)nc(Oc3cnc(C)nc3)c12.Cc1ncc(O)cn1.[2H][2H].[2H][2H].[2H][2H].[2H][2H].[2H][2H].[2H][2H].[2H][2H].[2H][2H].[2H][2H].[2H][2H].[2H][2H].[2H][2H].[2H][2H].[2H][2H].[2H][2H].[2H][2H].[2H][2H].[2H][2H].[2H][2H].[2H][2H].[2H][2H].[2H][2H].[2H][2H].[2H][2H].[2H][2H].[2H][2H].[2H][2H].[2H][2H].[2H][2H].[2H][2H].[2H][2H].[2H][2H].[2H][2H].[2H][2H].[2H][2H].[2H][2H].[2H][2H].[2H][2H].[2H][2H].[2H][2H].[2H][2H].[2H][2H].[2H][2H].[2H][2H].[2H][2H].[2H][2H].[2H][2H].[2H][2H].[2H][2H].[2H][2H].[2H][2H].[2H][2H].[2H][2H].[2H][2H].[2H][2H].[2H][2H].[2H][2H].[2H][2H].[2H][2H].[2H][2H].[2H][2H]. The smallest absolute Gasteiger partial charge is 0.327 e. The van der Waals surface area contributed by atoms with Gasteiger partial charge in [-0.15, -0.1) is 0 Å². The molecule has 16 nitrogen and oxygen atoms in total. The number of ether oxygens (including phenoxy) is 2. The van der Waals surface area contributed by atoms with E-state index < -0.39 is 0 Å². The molecule has 0 saturated carbocycles. The zero-order chi connectivity index (χ0) is 161. The lowest BCUT2D eigenvalue weighted by Gasteiger charge is -2.08. The fourth-order valence-corrected chi connectivity index (χ4v) is 6.34. The van der Waals surface area contributed by atoms with Crippen molar-refractivity contribution in [1.82, 2.24) is 54.8 Å². The van der Waals surface area contributed by atoms with Gasteiger partial charge in [0.25, 0.3) is 0 Å². The van der Waals surface area contributed by atoms with Crippen molar-refractivity contribution in [1.29, 1.82) is 0 Å². The van der Waals surface area contributed by atoms with E-state index in [2.05, 4.69) is 65.5 Å². The van der Waals surface area contributed by atoms with Gasteiger partial charge in [-0.25, -0.2) is 39.9 Å². The Balaban J connectivity index is -0.0000000174. The van der Waals surface area contributed by atoms with Gasteiger partial charge in [0.15, 0.2) is 17.2 Å². The maximum absolute atomic E-state index is 8.63. The van der Waals surface area contributed by atoms with Gasteiger partial charge in [0.2, 0.25) is 11.2 Å². The largest absolute Gasteiger partial charge is 0.505 e. The molecule has 1 aliphatic carbocycles. The number of nitrogens with one attached hydrogen (secondary N) is 3. The summed E-state index contributed by atoms with van der Waals surface area (Å²) in [5.41, 5.74) is 7.56. The molecule has 6 heterocycles. The molecule has 0 bridgehead atoms. The van der Waals surface area contributed by atoms with Crippen LogP contribution in [0, 0.1) is 20.8 Å². The van der Waals surface area contributed by atoms with E-state index in [1.807, 2.05) is 50.5 Å². The van der Waals surface area contributed by atoms with Crippen LogP contribution in [0.2, 0.25) is 10.4 Å². The average molecular weight is 1040 g/mol. The molecule has 0 radical (unpaired) electrons. The normalized spacial score (nSPS) is 19.8. The van der Waals surface area contributed by atoms with Crippen molar-refractivity contribution >= 4 is 56.5 Å². The first kappa shape index (κ1) is 8.47. The second-order valence-electron chi connectivity index (χ2n) is 12.1. The highest BCUT2D eigenvalue weighted by atomic mass is 35.5. The van der Waals surface area contributed by atoms with E-state index in [4.69, 9.17) is 219 Å². The van der Waals surface area contributed by atoms with Gasteiger partial charge in [-0.2, -0.15) is 9.97 Å². The fraction of sp³-hybridized carbons (Fsp3) is 0.158. The quantitative estimate of drug-likeness (QED) is 0.0902. The van der Waals surface area contributed by atoms with Crippen LogP contribution in [-0.2, 0) is 6.42 Å². The van der Waals surface area contributed by atoms with Crippen molar-refractivity contribution in [3.05, 3.63) is 113 Å². The summed E-state index contributed by atoms with van der Waals surface area (Å²) in [7, 11) is 3.76. The van der Waals surface area contributed by atoms with Crippen molar-refractivity contribution in [3.63, 3.8) is 0 Å². The van der Waals surface area contributed by atoms with E-state index in [9.17, 15) is 0 Å². The lowest BCUT2D eigenvalue weighted by Crippen LogP contribution is -1.98. The lowest BCUT2D eigenvalue weighted by molar-refractivity contribution is 0.413. The number of benzene rings is 2. The number of para-hydroxylation sites is 1. The summed E-state index contributed by atoms with van der Waals surface area (Å²) >= 11 is 12.0. The molecule has 0 saturated heterocycles. The molecule has 0 atom stereocenters. The Morgan fingerprint density at radius 3 is 1.95 bits per heavy atom. The van der Waals surface area contributed by atoms with Gasteiger partial charge in [0, 0.05) is 218 Å². The maximum Gasteiger partial charge on any atom is 0.327 e. The average Bonchev–Trinajstić information content (AvgIpc) is 1.60. The Hall–Kier alpha value is -6.78. The van der Waals surface area contributed by atoms with Gasteiger partial charge in [-0.05, 0) is 55.6 Å². The molecule has 56 heavy (non-hydrogen) atoms. The minimum atomic E-state index is 0.0977. The molecule has 8 aromatic rings. The summed E-state index contributed by atoms with van der Waals surface area (Å²) in [6, 6.07) is 12.1. The van der Waals surface area contributed by atoms with Crippen molar-refractivity contribution in [2.45, 2.75) is 27.2 Å². The van der Waals surface area contributed by atoms with E-state index in [0.717, 1.165) is 50.9 Å². The van der Waals surface area contributed by atoms with Crippen LogP contribution in [0.1, 0.15) is 210 Å². The van der Waals surface area contributed by atoms with Crippen LogP contribution in [0.15, 0.2) is 73.6 Å². The molecular formula is C38H155Cl2N13O3. The first-order valence-electron chi connectivity index (χ1n) is 78.0. The van der Waals surface area contributed by atoms with E-state index in [0.29, 0.717) is 45.7 Å². The number of aromatic nitrogens is 11. The Bertz CT molecular complexity index is 2800. The Morgan fingerprint density at radius 2 is 1.32 bits per heavy atom. The van der Waals surface area contributed by atoms with Crippen LogP contribution < -0.4 is 20.1 Å². The predicted molar refractivity (Wildman–Crippen MR) is 342 cm³/mol. The monoisotopic (exact) mass is 1030 g/mol. The summed E-state index contributed by atoms with van der Waals surface area (Å²) in [5.74, 6) is 3.26. The highest BCUT2D eigenvalue weighted by Gasteiger charge is 2.26. The number of nitrogens with zero attached hydrogens (tertiary/aromatic N) is 10. The molecule has 1 aliphatic rings. The van der Waals surface area contributed by atoms with Crippen LogP contribution in [0.25, 0.3) is 33.1 Å². The third-order valence-corrected chi connectivity index (χ3v) is 8.82. The van der Waals surface area contributed by atoms with Gasteiger partial charge in [0.05, 0.1) is 59.5 Å². The van der Waals surface area contributed by atoms with Crippen LogP contribution in [0.3, 0.4) is 0 Å². The third-order valence-electron chi connectivity index (χ3n) is 8.38. The summed E-state index contributed by atoms with van der Waals surface area (Å²) in [6.45, 7) is 5.37. The van der Waals surface area contributed by atoms with Crippen molar-refractivity contribution < 1.29 is 196 Å². The molecule has 18 heteroatoms. The second kappa shape index (κ2) is 16.3. The molecule has 2 aromatic carbocycles. The molecule has 0 spiro atoms. The van der Waals surface area contributed by atoms with Gasteiger partial charge in [-0.3, -0.25) is 0 Å². The molecule has 404 valence electrons. The summed E-state index contributed by atoms with van der Waals surface area (Å²) < 4.78 is 622. The van der Waals surface area contributed by atoms with Gasteiger partial charge in [-0.1, -0.05) is 35.9 Å². The van der Waals surface area contributed by atoms with Gasteiger partial charge in [0.1, 0.15) is 28.3 Å². The Kier molecular flexibility index (Phi) is 2.47. The second-order valence-corrected chi connectivity index (χ2v) is 12.8. The summed E-state index contributed by atoms with van der Waals surface area (Å²) in [4.78, 5) is 44.7. The highest BCUT2D eigenvalue weighted by molar-refractivity contribution is 6.34. The van der Waals surface area contributed by atoms with Crippen molar-refractivity contribution in [2.24, 2.45) is 0 Å². The van der Waals surface area contributed by atoms with E-state index in [1.54, 1.807) is 45.6 Å². The van der Waals surface area contributed by atoms with Gasteiger partial charge < -0.3 is 30.2 Å². The Labute approximate surface area is 518 Å². The molecule has 4 N–H and O–H groups in total. The first-order valence-corrected chi connectivity index (χ1v) is 17.8. The number of aromatic hydroxyl groups is 1. The molecular weight excluding hydrogens is 757 g/mol. The molecule has 0 amide bonds. The number of fused-ring (bicyclic) bond motifs is 6. The maximum atomic E-state index is 8.63. The van der Waals surface area contributed by atoms with E-state index >= 15 is 0 Å². The van der Waals surface area contributed by atoms with E-state index in [-0.39, 0.29) is 17.0 Å². The zero-order valence-electron chi connectivity index (χ0n) is 153.